The minimum atomic E-state index is -0.512. The van der Waals surface area contributed by atoms with Crippen LogP contribution >= 0.6 is 0 Å². The SMILES string of the molecule is CC(=O)COC(=O)CCCN1C(=O)c2ccccc2C1=O. The molecule has 1 aliphatic rings. The van der Waals surface area contributed by atoms with Gasteiger partial charge < -0.3 is 4.74 Å². The maximum Gasteiger partial charge on any atom is 0.306 e. The number of carbonyl (C=O) groups excluding carboxylic acids is 4. The quantitative estimate of drug-likeness (QED) is 0.580. The number of benzene rings is 1. The number of ether oxygens (including phenoxy) is 1. The molecule has 0 saturated carbocycles. The Morgan fingerprint density at radius 1 is 1.10 bits per heavy atom. The molecule has 6 heteroatoms. The number of hydrogen-bond acceptors (Lipinski definition) is 5. The maximum atomic E-state index is 12.0. The van der Waals surface area contributed by atoms with E-state index in [0.717, 1.165) is 4.90 Å². The summed E-state index contributed by atoms with van der Waals surface area (Å²) >= 11 is 0. The molecule has 0 atom stereocenters. The summed E-state index contributed by atoms with van der Waals surface area (Å²) in [6, 6.07) is 6.62. The lowest BCUT2D eigenvalue weighted by Crippen LogP contribution is -2.31. The summed E-state index contributed by atoms with van der Waals surface area (Å²) in [5.41, 5.74) is 0.781. The van der Waals surface area contributed by atoms with Crippen LogP contribution in [0.1, 0.15) is 40.5 Å². The highest BCUT2D eigenvalue weighted by molar-refractivity contribution is 6.21. The standard InChI is InChI=1S/C15H15NO5/c1-10(17)9-21-13(18)7-4-8-16-14(19)11-5-2-3-6-12(11)15(16)20/h2-3,5-6H,4,7-9H2,1H3. The first-order valence-electron chi connectivity index (χ1n) is 6.61. The smallest absolute Gasteiger partial charge is 0.306 e. The van der Waals surface area contributed by atoms with Crippen LogP contribution in [-0.4, -0.2) is 41.6 Å². The van der Waals surface area contributed by atoms with Gasteiger partial charge in [-0.25, -0.2) is 0 Å². The molecule has 21 heavy (non-hydrogen) atoms. The van der Waals surface area contributed by atoms with Crippen LogP contribution in [0.4, 0.5) is 0 Å². The van der Waals surface area contributed by atoms with Crippen molar-refractivity contribution in [3.63, 3.8) is 0 Å². The zero-order valence-corrected chi connectivity index (χ0v) is 11.6. The van der Waals surface area contributed by atoms with Gasteiger partial charge in [0.15, 0.2) is 5.78 Å². The molecule has 0 unspecified atom stereocenters. The van der Waals surface area contributed by atoms with Crippen LogP contribution in [0.5, 0.6) is 0 Å². The predicted octanol–water partition coefficient (Wildman–Crippen LogP) is 1.19. The molecule has 0 spiro atoms. The van der Waals surface area contributed by atoms with Gasteiger partial charge in [0.05, 0.1) is 11.1 Å². The Morgan fingerprint density at radius 2 is 1.67 bits per heavy atom. The van der Waals surface area contributed by atoms with E-state index in [9.17, 15) is 19.2 Å². The molecular formula is C15H15NO5. The van der Waals surface area contributed by atoms with Gasteiger partial charge in [0.25, 0.3) is 11.8 Å². The third kappa shape index (κ3) is 3.34. The van der Waals surface area contributed by atoms with Crippen molar-refractivity contribution in [1.29, 1.82) is 0 Å². The molecular weight excluding hydrogens is 274 g/mol. The molecule has 0 N–H and O–H groups in total. The first-order chi connectivity index (χ1) is 10.0. The van der Waals surface area contributed by atoms with Crippen LogP contribution in [0, 0.1) is 0 Å². The van der Waals surface area contributed by atoms with Gasteiger partial charge in [-0.3, -0.25) is 24.1 Å². The summed E-state index contributed by atoms with van der Waals surface area (Å²) in [7, 11) is 0. The number of esters is 1. The molecule has 0 aliphatic carbocycles. The second-order valence-electron chi connectivity index (χ2n) is 4.77. The summed E-state index contributed by atoms with van der Waals surface area (Å²) in [5, 5.41) is 0. The van der Waals surface area contributed by atoms with E-state index in [1.807, 2.05) is 0 Å². The molecule has 1 aromatic carbocycles. The van der Waals surface area contributed by atoms with Crippen molar-refractivity contribution in [3.8, 4) is 0 Å². The Bertz CT molecular complexity index is 573. The van der Waals surface area contributed by atoms with Crippen LogP contribution < -0.4 is 0 Å². The Kier molecular flexibility index (Phi) is 4.47. The third-order valence-corrected chi connectivity index (χ3v) is 3.08. The Morgan fingerprint density at radius 3 is 2.19 bits per heavy atom. The summed E-state index contributed by atoms with van der Waals surface area (Å²) in [6.45, 7) is 1.24. The van der Waals surface area contributed by atoms with Crippen LogP contribution in [0.2, 0.25) is 0 Å². The number of hydrogen-bond donors (Lipinski definition) is 0. The van der Waals surface area contributed by atoms with E-state index >= 15 is 0 Å². The van der Waals surface area contributed by atoms with Gasteiger partial charge >= 0.3 is 5.97 Å². The van der Waals surface area contributed by atoms with Gasteiger partial charge in [-0.15, -0.1) is 0 Å². The molecule has 0 fully saturated rings. The van der Waals surface area contributed by atoms with Crippen molar-refractivity contribution in [1.82, 2.24) is 4.90 Å². The van der Waals surface area contributed by atoms with E-state index in [0.29, 0.717) is 17.5 Å². The van der Waals surface area contributed by atoms with E-state index in [4.69, 9.17) is 4.74 Å². The predicted molar refractivity (Wildman–Crippen MR) is 72.7 cm³/mol. The number of fused-ring (bicyclic) bond motifs is 1. The average Bonchev–Trinajstić information content (AvgIpc) is 2.70. The van der Waals surface area contributed by atoms with Crippen LogP contribution in [0.25, 0.3) is 0 Å². The lowest BCUT2D eigenvalue weighted by molar-refractivity contribution is -0.147. The molecule has 1 heterocycles. The van der Waals surface area contributed by atoms with Crippen LogP contribution in [0.3, 0.4) is 0 Å². The first kappa shape index (κ1) is 14.9. The second kappa shape index (κ2) is 6.30. The minimum absolute atomic E-state index is 0.0562. The van der Waals surface area contributed by atoms with E-state index in [1.54, 1.807) is 24.3 Å². The van der Waals surface area contributed by atoms with Gasteiger partial charge in [0.1, 0.15) is 6.61 Å². The fourth-order valence-corrected chi connectivity index (χ4v) is 2.08. The van der Waals surface area contributed by atoms with Crippen molar-refractivity contribution < 1.29 is 23.9 Å². The van der Waals surface area contributed by atoms with Crippen molar-refractivity contribution in [2.45, 2.75) is 19.8 Å². The number of ketones is 1. The Labute approximate surface area is 121 Å². The number of Topliss-reactive ketones (excluding diaryl/α,β-unsaturated/α-hetero) is 1. The third-order valence-electron chi connectivity index (χ3n) is 3.08. The topological polar surface area (TPSA) is 80.8 Å². The number of rotatable bonds is 6. The Hall–Kier alpha value is -2.50. The molecule has 0 aromatic heterocycles. The molecule has 0 saturated heterocycles. The summed E-state index contributed by atoms with van der Waals surface area (Å²) in [6.07, 6.45) is 0.364. The molecule has 2 amide bonds. The summed E-state index contributed by atoms with van der Waals surface area (Å²) in [4.78, 5) is 47.2. The summed E-state index contributed by atoms with van der Waals surface area (Å²) < 4.78 is 4.71. The molecule has 0 bridgehead atoms. The van der Waals surface area contributed by atoms with Crippen molar-refractivity contribution in [3.05, 3.63) is 35.4 Å². The monoisotopic (exact) mass is 289 g/mol. The minimum Gasteiger partial charge on any atom is -0.458 e. The van der Waals surface area contributed by atoms with Crippen molar-refractivity contribution >= 4 is 23.6 Å². The van der Waals surface area contributed by atoms with Crippen LogP contribution in [0.15, 0.2) is 24.3 Å². The van der Waals surface area contributed by atoms with Gasteiger partial charge in [-0.05, 0) is 25.5 Å². The van der Waals surface area contributed by atoms with Crippen LogP contribution in [-0.2, 0) is 14.3 Å². The van der Waals surface area contributed by atoms with E-state index < -0.39 is 5.97 Å². The highest BCUT2D eigenvalue weighted by Gasteiger charge is 2.34. The highest BCUT2D eigenvalue weighted by atomic mass is 16.5. The number of carbonyl (C=O) groups is 4. The molecule has 110 valence electrons. The molecule has 1 aromatic rings. The van der Waals surface area contributed by atoms with E-state index in [2.05, 4.69) is 0 Å². The van der Waals surface area contributed by atoms with Gasteiger partial charge in [-0.1, -0.05) is 12.1 Å². The number of imide groups is 1. The fourth-order valence-electron chi connectivity index (χ4n) is 2.08. The molecule has 0 radical (unpaired) electrons. The van der Waals surface area contributed by atoms with E-state index in [1.165, 1.54) is 6.92 Å². The maximum absolute atomic E-state index is 12.0. The van der Waals surface area contributed by atoms with Crippen molar-refractivity contribution in [2.75, 3.05) is 13.2 Å². The van der Waals surface area contributed by atoms with Gasteiger partial charge in [0, 0.05) is 13.0 Å². The summed E-state index contributed by atoms with van der Waals surface area (Å²) in [5.74, 6) is -1.43. The lowest BCUT2D eigenvalue weighted by Gasteiger charge is -2.13. The largest absolute Gasteiger partial charge is 0.458 e. The van der Waals surface area contributed by atoms with Crippen molar-refractivity contribution in [2.24, 2.45) is 0 Å². The lowest BCUT2D eigenvalue weighted by atomic mass is 10.1. The average molecular weight is 289 g/mol. The van der Waals surface area contributed by atoms with E-state index in [-0.39, 0.29) is 37.2 Å². The number of amides is 2. The Balaban J connectivity index is 1.85. The van der Waals surface area contributed by atoms with Gasteiger partial charge in [0.2, 0.25) is 0 Å². The first-order valence-corrected chi connectivity index (χ1v) is 6.61. The fraction of sp³-hybridized carbons (Fsp3) is 0.333. The normalized spacial score (nSPS) is 13.3. The molecule has 2 rings (SSSR count). The zero-order valence-electron chi connectivity index (χ0n) is 11.6. The molecule has 1 aliphatic heterocycles. The zero-order chi connectivity index (χ0) is 15.4. The van der Waals surface area contributed by atoms with Gasteiger partial charge in [-0.2, -0.15) is 0 Å². The second-order valence-corrected chi connectivity index (χ2v) is 4.77. The highest BCUT2D eigenvalue weighted by Crippen LogP contribution is 2.22. The number of nitrogens with zero attached hydrogens (tertiary/aromatic N) is 1. The molecule has 6 nitrogen and oxygen atoms in total.